The Morgan fingerprint density at radius 3 is 2.68 bits per heavy atom. The fourth-order valence-electron chi connectivity index (χ4n) is 6.53. The molecule has 2 N–H and O–H groups in total. The van der Waals surface area contributed by atoms with Gasteiger partial charge in [0.05, 0.1) is 24.0 Å². The van der Waals surface area contributed by atoms with Gasteiger partial charge in [-0.1, -0.05) is 0 Å². The molecule has 0 aliphatic carbocycles. The van der Waals surface area contributed by atoms with Crippen molar-refractivity contribution in [2.75, 3.05) is 39.3 Å². The van der Waals surface area contributed by atoms with Crippen molar-refractivity contribution < 1.29 is 17.9 Å². The second kappa shape index (κ2) is 12.0. The predicted molar refractivity (Wildman–Crippen MR) is 171 cm³/mol. The number of H-pyrrole nitrogens is 2. The number of nitrogens with one attached hydrogen (secondary N) is 2. The number of likely N-dealkylation sites (tertiary alicyclic amines) is 2. The van der Waals surface area contributed by atoms with E-state index in [1.807, 2.05) is 24.3 Å². The molecule has 2 aliphatic rings. The normalized spacial score (nSPS) is 16.9. The maximum atomic E-state index is 14.8. The third-order valence-electron chi connectivity index (χ3n) is 8.86. The zero-order valence-electron chi connectivity index (χ0n) is 25.5. The Morgan fingerprint density at radius 2 is 1.83 bits per heavy atom. The number of rotatable bonds is 9. The fourth-order valence-corrected chi connectivity index (χ4v) is 6.53. The minimum absolute atomic E-state index is 0.128. The number of alkyl halides is 2. The Bertz CT molecular complexity index is 2070. The molecule has 10 nitrogen and oxygen atoms in total. The van der Waals surface area contributed by atoms with E-state index in [4.69, 9.17) is 9.72 Å². The van der Waals surface area contributed by atoms with Gasteiger partial charge in [-0.15, -0.1) is 0 Å². The first-order chi connectivity index (χ1) is 22.9. The van der Waals surface area contributed by atoms with Gasteiger partial charge < -0.3 is 9.72 Å². The van der Waals surface area contributed by atoms with Crippen molar-refractivity contribution in [1.29, 1.82) is 0 Å². The molecule has 2 saturated heterocycles. The Balaban J connectivity index is 1.08. The molecule has 8 rings (SSSR count). The van der Waals surface area contributed by atoms with Crippen molar-refractivity contribution in [3.63, 3.8) is 0 Å². The van der Waals surface area contributed by atoms with Gasteiger partial charge in [0.1, 0.15) is 29.4 Å². The van der Waals surface area contributed by atoms with Crippen LogP contribution in [0.1, 0.15) is 24.8 Å². The summed E-state index contributed by atoms with van der Waals surface area (Å²) >= 11 is 0. The Labute approximate surface area is 268 Å². The molecule has 47 heavy (non-hydrogen) atoms. The molecule has 0 saturated carbocycles. The summed E-state index contributed by atoms with van der Waals surface area (Å²) in [4.78, 5) is 25.7. The smallest absolute Gasteiger partial charge is 0.261 e. The first-order valence-corrected chi connectivity index (χ1v) is 15.8. The van der Waals surface area contributed by atoms with E-state index in [2.05, 4.69) is 35.0 Å². The van der Waals surface area contributed by atoms with E-state index in [-0.39, 0.29) is 13.0 Å². The summed E-state index contributed by atoms with van der Waals surface area (Å²) in [5, 5.41) is 8.33. The molecule has 0 bridgehead atoms. The highest BCUT2D eigenvalue weighted by Gasteiger charge is 2.38. The highest BCUT2D eigenvalue weighted by atomic mass is 19.3. The minimum atomic E-state index is -2.65. The fraction of sp³-hybridized carbons (Fsp3) is 0.324. The highest BCUT2D eigenvalue weighted by Crippen LogP contribution is 2.34. The van der Waals surface area contributed by atoms with Gasteiger partial charge in [-0.2, -0.15) is 5.10 Å². The van der Waals surface area contributed by atoms with Crippen LogP contribution < -0.4 is 4.74 Å². The lowest BCUT2D eigenvalue weighted by Crippen LogP contribution is -2.25. The van der Waals surface area contributed by atoms with Gasteiger partial charge in [0.2, 0.25) is 0 Å². The predicted octanol–water partition coefficient (Wildman–Crippen LogP) is 6.08. The van der Waals surface area contributed by atoms with Crippen LogP contribution in [0.4, 0.5) is 13.2 Å². The van der Waals surface area contributed by atoms with Crippen molar-refractivity contribution >= 4 is 22.1 Å². The van der Waals surface area contributed by atoms with E-state index in [0.717, 1.165) is 36.1 Å². The van der Waals surface area contributed by atoms with Crippen LogP contribution in [0, 0.1) is 5.82 Å². The third kappa shape index (κ3) is 6.15. The van der Waals surface area contributed by atoms with Crippen molar-refractivity contribution in [1.82, 2.24) is 44.9 Å². The van der Waals surface area contributed by atoms with E-state index < -0.39 is 11.7 Å². The van der Waals surface area contributed by atoms with Crippen molar-refractivity contribution in [2.45, 2.75) is 31.7 Å². The molecule has 0 radical (unpaired) electrons. The minimum Gasteiger partial charge on any atom is -0.492 e. The van der Waals surface area contributed by atoms with E-state index >= 15 is 0 Å². The van der Waals surface area contributed by atoms with Gasteiger partial charge in [0.15, 0.2) is 11.5 Å². The first-order valence-electron chi connectivity index (χ1n) is 15.8. The van der Waals surface area contributed by atoms with Crippen LogP contribution in [0.5, 0.6) is 5.75 Å². The molecule has 1 aromatic carbocycles. The summed E-state index contributed by atoms with van der Waals surface area (Å²) in [6.45, 7) is 3.94. The molecule has 7 heterocycles. The standard InChI is InChI=1S/C34H32F3N9O/c35-24-12-22(13-25(14-24)47-10-9-45-6-1-2-7-45)26-3-5-39-32-30(26)41-33(42-32)31-27-15-28(40-18-29(27)43-44-31)23-11-21(16-38-17-23)19-46-8-4-34(36,37)20-46/h3,5,11-18H,1-2,4,6-10,19-20H2,(H,43,44)(H,39,41,42). The number of benzene rings is 1. The number of aromatic nitrogens is 7. The van der Waals surface area contributed by atoms with Crippen molar-refractivity contribution in [2.24, 2.45) is 0 Å². The largest absolute Gasteiger partial charge is 0.492 e. The van der Waals surface area contributed by atoms with Gasteiger partial charge in [-0.05, 0) is 67.4 Å². The van der Waals surface area contributed by atoms with Gasteiger partial charge in [0, 0.05) is 67.2 Å². The van der Waals surface area contributed by atoms with Crippen LogP contribution >= 0.6 is 0 Å². The van der Waals surface area contributed by atoms with Crippen LogP contribution in [0.25, 0.3) is 56.0 Å². The van der Waals surface area contributed by atoms with E-state index in [1.165, 1.54) is 25.0 Å². The lowest BCUT2D eigenvalue weighted by molar-refractivity contribution is 0.0115. The molecule has 240 valence electrons. The highest BCUT2D eigenvalue weighted by molar-refractivity contribution is 5.96. The summed E-state index contributed by atoms with van der Waals surface area (Å²) in [6, 6.07) is 10.3. The SMILES string of the molecule is Fc1cc(OCCN2CCCC2)cc(-c2ccnc3[nH]c(-c4n[nH]c5cnc(-c6cncc(CN7CCC(F)(F)C7)c6)cc45)nc23)c1. The maximum absolute atomic E-state index is 14.8. The lowest BCUT2D eigenvalue weighted by atomic mass is 10.1. The average molecular weight is 640 g/mol. The summed E-state index contributed by atoms with van der Waals surface area (Å²) in [5.41, 5.74) is 6.00. The molecule has 0 amide bonds. The van der Waals surface area contributed by atoms with Gasteiger partial charge in [0.25, 0.3) is 5.92 Å². The van der Waals surface area contributed by atoms with Crippen molar-refractivity contribution in [3.8, 4) is 39.7 Å². The number of fused-ring (bicyclic) bond motifs is 2. The number of halogens is 3. The van der Waals surface area contributed by atoms with Crippen LogP contribution in [0.2, 0.25) is 0 Å². The topological polar surface area (TPSA) is 112 Å². The Hall–Kier alpha value is -4.88. The lowest BCUT2D eigenvalue weighted by Gasteiger charge is -2.15. The number of imidazole rings is 1. The van der Waals surface area contributed by atoms with Gasteiger partial charge in [-0.3, -0.25) is 24.9 Å². The van der Waals surface area contributed by atoms with E-state index in [9.17, 15) is 13.2 Å². The summed E-state index contributed by atoms with van der Waals surface area (Å²) in [7, 11) is 0. The molecule has 2 aliphatic heterocycles. The molecule has 0 spiro atoms. The molecular formula is C34H32F3N9O. The second-order valence-corrected chi connectivity index (χ2v) is 12.3. The zero-order chi connectivity index (χ0) is 32.0. The molecule has 2 fully saturated rings. The number of ether oxygens (including phenoxy) is 1. The molecule has 0 unspecified atom stereocenters. The number of hydrogen-bond acceptors (Lipinski definition) is 8. The van der Waals surface area contributed by atoms with E-state index in [1.54, 1.807) is 29.7 Å². The molecule has 6 aromatic rings. The quantitative estimate of drug-likeness (QED) is 0.196. The summed E-state index contributed by atoms with van der Waals surface area (Å²) in [6.07, 6.45) is 9.04. The monoisotopic (exact) mass is 639 g/mol. The number of pyridine rings is 3. The molecular weight excluding hydrogens is 607 g/mol. The van der Waals surface area contributed by atoms with Gasteiger partial charge in [-0.25, -0.2) is 23.1 Å². The van der Waals surface area contributed by atoms with Crippen LogP contribution in [0.15, 0.2) is 61.2 Å². The first kappa shape index (κ1) is 29.5. The molecule has 13 heteroatoms. The number of aromatic amines is 2. The number of nitrogens with zero attached hydrogens (tertiary/aromatic N) is 7. The van der Waals surface area contributed by atoms with Crippen LogP contribution in [0.3, 0.4) is 0 Å². The maximum Gasteiger partial charge on any atom is 0.261 e. The Kier molecular flexibility index (Phi) is 7.57. The summed E-state index contributed by atoms with van der Waals surface area (Å²) < 4.78 is 48.2. The third-order valence-corrected chi connectivity index (χ3v) is 8.86. The zero-order valence-corrected chi connectivity index (χ0v) is 25.5. The second-order valence-electron chi connectivity index (χ2n) is 12.3. The Morgan fingerprint density at radius 1 is 0.936 bits per heavy atom. The summed E-state index contributed by atoms with van der Waals surface area (Å²) in [5.74, 6) is -2.09. The van der Waals surface area contributed by atoms with Crippen LogP contribution in [-0.2, 0) is 6.54 Å². The molecule has 0 atom stereocenters. The van der Waals surface area contributed by atoms with Crippen molar-refractivity contribution in [3.05, 3.63) is 72.6 Å². The van der Waals surface area contributed by atoms with Crippen LogP contribution in [-0.4, -0.2) is 90.2 Å². The molecule has 5 aromatic heterocycles. The average Bonchev–Trinajstić information content (AvgIpc) is 3.87. The van der Waals surface area contributed by atoms with Gasteiger partial charge >= 0.3 is 0 Å². The number of hydrogen-bond donors (Lipinski definition) is 2. The van der Waals surface area contributed by atoms with E-state index in [0.29, 0.717) is 70.5 Å².